The van der Waals surface area contributed by atoms with Crippen molar-refractivity contribution in [3.8, 4) is 0 Å². The number of hydrogen-bond acceptors (Lipinski definition) is 9. The highest BCUT2D eigenvalue weighted by atomic mass is 32.2. The summed E-state index contributed by atoms with van der Waals surface area (Å²) < 4.78 is 34.0. The number of thioether (sulfide) groups is 1. The minimum atomic E-state index is -3.13. The van der Waals surface area contributed by atoms with Gasteiger partial charge in [0, 0.05) is 30.6 Å². The molecule has 0 aliphatic carbocycles. The highest BCUT2D eigenvalue weighted by Gasteiger charge is 2.36. The smallest absolute Gasteiger partial charge is 0.341 e. The third-order valence-electron chi connectivity index (χ3n) is 4.93. The van der Waals surface area contributed by atoms with E-state index in [4.69, 9.17) is 9.26 Å². The quantitative estimate of drug-likeness (QED) is 0.425. The monoisotopic (exact) mass is 467 g/mol. The topological polar surface area (TPSA) is 120 Å². The number of likely N-dealkylation sites (N-methyl/N-ethyl adjacent to an activating group) is 1. The van der Waals surface area contributed by atoms with Crippen molar-refractivity contribution in [1.29, 1.82) is 0 Å². The Balaban J connectivity index is 1.65. The lowest BCUT2D eigenvalue weighted by atomic mass is 10.2. The van der Waals surface area contributed by atoms with Crippen LogP contribution >= 0.6 is 11.8 Å². The number of amides is 1. The van der Waals surface area contributed by atoms with Gasteiger partial charge in [0.25, 0.3) is 5.91 Å². The number of esters is 1. The third kappa shape index (κ3) is 5.85. The van der Waals surface area contributed by atoms with Crippen LogP contribution in [0.4, 0.5) is 0 Å². The second-order valence-corrected chi connectivity index (χ2v) is 10.5. The van der Waals surface area contributed by atoms with Crippen molar-refractivity contribution in [2.24, 2.45) is 0 Å². The summed E-state index contributed by atoms with van der Waals surface area (Å²) in [6, 6.07) is 4.62. The fourth-order valence-corrected chi connectivity index (χ4v) is 6.01. The van der Waals surface area contributed by atoms with Gasteiger partial charge >= 0.3 is 5.97 Å². The molecule has 2 aromatic rings. The molecule has 11 heteroatoms. The number of carbonyl (C=O) groups excluding carboxylic acids is 2. The molecule has 1 amide bonds. The molecular weight excluding hydrogens is 442 g/mol. The molecule has 0 bridgehead atoms. The lowest BCUT2D eigenvalue weighted by Crippen LogP contribution is -2.46. The molecule has 1 aliphatic rings. The number of hydrogen-bond donors (Lipinski definition) is 0. The van der Waals surface area contributed by atoms with E-state index in [0.29, 0.717) is 29.5 Å². The van der Waals surface area contributed by atoms with E-state index >= 15 is 0 Å². The molecule has 168 valence electrons. The number of rotatable bonds is 8. The third-order valence-corrected chi connectivity index (χ3v) is 7.72. The minimum Gasteiger partial charge on any atom is -0.449 e. The Hall–Kier alpha value is -2.40. The Morgan fingerprint density at radius 1 is 1.42 bits per heavy atom. The van der Waals surface area contributed by atoms with Gasteiger partial charge in [0.1, 0.15) is 10.8 Å². The molecule has 0 radical (unpaired) electrons. The maximum absolute atomic E-state index is 12.9. The summed E-state index contributed by atoms with van der Waals surface area (Å²) in [6.45, 7) is 5.41. The van der Waals surface area contributed by atoms with Gasteiger partial charge in [-0.05, 0) is 39.3 Å². The molecule has 1 fully saturated rings. The Morgan fingerprint density at radius 2 is 2.19 bits per heavy atom. The summed E-state index contributed by atoms with van der Waals surface area (Å²) in [5.74, 6) is 0.0916. The average molecular weight is 468 g/mol. The van der Waals surface area contributed by atoms with Crippen LogP contribution in [0.15, 0.2) is 33.9 Å². The van der Waals surface area contributed by atoms with Crippen LogP contribution in [0.1, 0.15) is 42.1 Å². The van der Waals surface area contributed by atoms with Crippen LogP contribution < -0.4 is 0 Å². The zero-order valence-corrected chi connectivity index (χ0v) is 19.2. The van der Waals surface area contributed by atoms with Gasteiger partial charge in [-0.1, -0.05) is 16.9 Å². The minimum absolute atomic E-state index is 0.0574. The summed E-state index contributed by atoms with van der Waals surface area (Å²) in [7, 11) is -3.13. The predicted octanol–water partition coefficient (Wildman–Crippen LogP) is 2.25. The van der Waals surface area contributed by atoms with Crippen molar-refractivity contribution >= 4 is 33.5 Å². The molecule has 31 heavy (non-hydrogen) atoms. The molecule has 2 aromatic heterocycles. The fourth-order valence-electron chi connectivity index (χ4n) is 3.41. The largest absolute Gasteiger partial charge is 0.449 e. The van der Waals surface area contributed by atoms with Crippen molar-refractivity contribution in [3.63, 3.8) is 0 Å². The molecular formula is C20H25N3O6S2. The van der Waals surface area contributed by atoms with Crippen molar-refractivity contribution < 1.29 is 27.3 Å². The zero-order chi connectivity index (χ0) is 22.6. The van der Waals surface area contributed by atoms with Crippen molar-refractivity contribution in [1.82, 2.24) is 15.0 Å². The molecule has 3 rings (SSSR count). The van der Waals surface area contributed by atoms with E-state index in [0.717, 1.165) is 5.69 Å². The standard InChI is InChI=1S/C20H25N3O6S2/c1-4-23(16-7-9-31(26,27)12-16)19(24)14(3)28-20(25)17-6-5-8-21-18(17)30-11-15-10-13(2)29-22-15/h5-6,8,10,14,16H,4,7,9,11-12H2,1-3H3. The van der Waals surface area contributed by atoms with Crippen LogP contribution in [0.3, 0.4) is 0 Å². The molecule has 1 aliphatic heterocycles. The van der Waals surface area contributed by atoms with Crippen molar-refractivity contribution in [2.75, 3.05) is 18.1 Å². The van der Waals surface area contributed by atoms with Gasteiger partial charge < -0.3 is 14.2 Å². The van der Waals surface area contributed by atoms with Crippen LogP contribution in [-0.2, 0) is 25.1 Å². The number of ether oxygens (including phenoxy) is 1. The first-order valence-electron chi connectivity index (χ1n) is 9.92. The summed E-state index contributed by atoms with van der Waals surface area (Å²) in [6.07, 6.45) is 0.918. The van der Waals surface area contributed by atoms with Crippen LogP contribution in [0.5, 0.6) is 0 Å². The highest BCUT2D eigenvalue weighted by Crippen LogP contribution is 2.25. The van der Waals surface area contributed by atoms with Gasteiger partial charge in [-0.3, -0.25) is 4.79 Å². The predicted molar refractivity (Wildman–Crippen MR) is 114 cm³/mol. The lowest BCUT2D eigenvalue weighted by molar-refractivity contribution is -0.141. The number of nitrogens with zero attached hydrogens (tertiary/aromatic N) is 3. The Morgan fingerprint density at radius 3 is 2.81 bits per heavy atom. The van der Waals surface area contributed by atoms with E-state index in [1.807, 2.05) is 0 Å². The number of carbonyl (C=O) groups is 2. The second kappa shape index (κ2) is 9.82. The zero-order valence-electron chi connectivity index (χ0n) is 17.6. The lowest BCUT2D eigenvalue weighted by Gasteiger charge is -2.29. The summed E-state index contributed by atoms with van der Waals surface area (Å²) >= 11 is 1.31. The molecule has 9 nitrogen and oxygen atoms in total. The van der Waals surface area contributed by atoms with E-state index in [-0.39, 0.29) is 23.1 Å². The SMILES string of the molecule is CCN(C(=O)C(C)OC(=O)c1cccnc1SCc1cc(C)on1)C1CCS(=O)(=O)C1. The average Bonchev–Trinajstić information content (AvgIpc) is 3.31. The number of aromatic nitrogens is 2. The Kier molecular flexibility index (Phi) is 7.37. The second-order valence-electron chi connectivity index (χ2n) is 7.30. The van der Waals surface area contributed by atoms with E-state index in [1.54, 1.807) is 38.2 Å². The summed E-state index contributed by atoms with van der Waals surface area (Å²) in [4.78, 5) is 31.3. The highest BCUT2D eigenvalue weighted by molar-refractivity contribution is 7.98. The molecule has 2 atom stereocenters. The number of pyridine rings is 1. The van der Waals surface area contributed by atoms with E-state index in [1.165, 1.54) is 23.6 Å². The first-order valence-corrected chi connectivity index (χ1v) is 12.7. The van der Waals surface area contributed by atoms with E-state index < -0.39 is 27.8 Å². The molecule has 0 saturated carbocycles. The fraction of sp³-hybridized carbons (Fsp3) is 0.500. The van der Waals surface area contributed by atoms with E-state index in [9.17, 15) is 18.0 Å². The van der Waals surface area contributed by atoms with Gasteiger partial charge in [-0.15, -0.1) is 0 Å². The Bertz CT molecular complexity index is 1050. The van der Waals surface area contributed by atoms with Gasteiger partial charge in [-0.2, -0.15) is 0 Å². The molecule has 0 aromatic carbocycles. The van der Waals surface area contributed by atoms with Gasteiger partial charge in [0.15, 0.2) is 15.9 Å². The molecule has 2 unspecified atom stereocenters. The van der Waals surface area contributed by atoms with Crippen LogP contribution in [0, 0.1) is 6.92 Å². The first kappa shape index (κ1) is 23.3. The van der Waals surface area contributed by atoms with Gasteiger partial charge in [0.2, 0.25) is 0 Å². The van der Waals surface area contributed by atoms with Gasteiger partial charge in [-0.25, -0.2) is 18.2 Å². The number of sulfone groups is 1. The van der Waals surface area contributed by atoms with Crippen LogP contribution in [-0.4, -0.2) is 65.5 Å². The van der Waals surface area contributed by atoms with Crippen molar-refractivity contribution in [2.45, 2.75) is 50.1 Å². The normalized spacial score (nSPS) is 18.5. The van der Waals surface area contributed by atoms with Gasteiger partial charge in [0.05, 0.1) is 22.8 Å². The molecule has 1 saturated heterocycles. The van der Waals surface area contributed by atoms with Crippen LogP contribution in [0.25, 0.3) is 0 Å². The first-order chi connectivity index (χ1) is 14.7. The van der Waals surface area contributed by atoms with Crippen molar-refractivity contribution in [3.05, 3.63) is 41.4 Å². The summed E-state index contributed by atoms with van der Waals surface area (Å²) in [5, 5.41) is 4.38. The number of aryl methyl sites for hydroxylation is 1. The van der Waals surface area contributed by atoms with Crippen LogP contribution in [0.2, 0.25) is 0 Å². The molecule has 3 heterocycles. The maximum atomic E-state index is 12.9. The summed E-state index contributed by atoms with van der Waals surface area (Å²) in [5.41, 5.74) is 0.972. The maximum Gasteiger partial charge on any atom is 0.341 e. The molecule has 0 spiro atoms. The Labute approximate surface area is 185 Å². The van der Waals surface area contributed by atoms with E-state index in [2.05, 4.69) is 10.1 Å². The molecule has 0 N–H and O–H groups in total.